The second-order valence-electron chi connectivity index (χ2n) is 15.5. The number of amides is 2. The first-order chi connectivity index (χ1) is 24.2. The lowest BCUT2D eigenvalue weighted by molar-refractivity contribution is -0.128. The van der Waals surface area contributed by atoms with E-state index in [9.17, 15) is 14.9 Å². The molecule has 268 valence electrons. The second-order valence-corrected chi connectivity index (χ2v) is 16.3. The lowest BCUT2D eigenvalue weighted by atomic mass is 9.79. The molecule has 4 aromatic rings. The van der Waals surface area contributed by atoms with Crippen LogP contribution in [0.5, 0.6) is 0 Å². The number of aromatic nitrogens is 3. The third-order valence-electron chi connectivity index (χ3n) is 10.6. The minimum absolute atomic E-state index is 0.0197. The van der Waals surface area contributed by atoms with Crippen LogP contribution in [0, 0.1) is 23.1 Å². The summed E-state index contributed by atoms with van der Waals surface area (Å²) in [6.07, 6.45) is 1.43. The molecule has 4 aliphatic rings. The van der Waals surface area contributed by atoms with Gasteiger partial charge in [0.1, 0.15) is 22.5 Å². The van der Waals surface area contributed by atoms with Crippen molar-refractivity contribution in [2.75, 3.05) is 52.7 Å². The molecule has 4 fully saturated rings. The summed E-state index contributed by atoms with van der Waals surface area (Å²) in [4.78, 5) is 44.3. The molecule has 3 unspecified atom stereocenters. The standard InChI is InChI=1S/C38H44BrFN8O3/c1-38(2,3)51-37(50)47-18-24-16-27(47)34(24)48-28(12-13-29(49)45(6)7)42-33-35(48)26-15-23(14-21-10-8-9-11-22(21)17-41)30(39)31(40)32(26)43-36(33)46-19-25(20-46)44(4)5/h8-11,15,24-25,27,34H,12-14,16,18-20H2,1-7H3. The highest BCUT2D eigenvalue weighted by Gasteiger charge is 2.56. The fourth-order valence-corrected chi connectivity index (χ4v) is 8.19. The largest absolute Gasteiger partial charge is 0.444 e. The highest BCUT2D eigenvalue weighted by molar-refractivity contribution is 9.10. The van der Waals surface area contributed by atoms with Crippen LogP contribution in [-0.2, 0) is 22.4 Å². The Balaban J connectivity index is 1.44. The fourth-order valence-electron chi connectivity index (χ4n) is 7.75. The van der Waals surface area contributed by atoms with Crippen LogP contribution in [0.15, 0.2) is 34.8 Å². The van der Waals surface area contributed by atoms with E-state index in [4.69, 9.17) is 14.7 Å². The number of carbonyl (C=O) groups is 2. The highest BCUT2D eigenvalue weighted by Crippen LogP contribution is 2.52. The summed E-state index contributed by atoms with van der Waals surface area (Å²) >= 11 is 3.56. The van der Waals surface area contributed by atoms with Crippen LogP contribution in [0.1, 0.15) is 62.2 Å². The number of fused-ring (bicyclic) bond motifs is 4. The Labute approximate surface area is 306 Å². The Hall–Kier alpha value is -4.28. The summed E-state index contributed by atoms with van der Waals surface area (Å²) in [5, 5.41) is 10.4. The molecule has 3 aliphatic heterocycles. The number of likely N-dealkylation sites (N-methyl/N-ethyl adjacent to an activating group) is 1. The van der Waals surface area contributed by atoms with Gasteiger partial charge in [-0.2, -0.15) is 5.26 Å². The van der Waals surface area contributed by atoms with Gasteiger partial charge in [0.2, 0.25) is 5.91 Å². The quantitative estimate of drug-likeness (QED) is 0.219. The topological polar surface area (TPSA) is 111 Å². The Morgan fingerprint density at radius 3 is 2.47 bits per heavy atom. The molecule has 2 aromatic carbocycles. The van der Waals surface area contributed by atoms with Crippen molar-refractivity contribution in [3.63, 3.8) is 0 Å². The van der Waals surface area contributed by atoms with Crippen molar-refractivity contribution in [1.82, 2.24) is 29.2 Å². The van der Waals surface area contributed by atoms with Gasteiger partial charge in [-0.15, -0.1) is 0 Å². The van der Waals surface area contributed by atoms with E-state index < -0.39 is 11.4 Å². The van der Waals surface area contributed by atoms with Crippen molar-refractivity contribution < 1.29 is 18.7 Å². The zero-order valence-corrected chi connectivity index (χ0v) is 31.8. The van der Waals surface area contributed by atoms with Crippen molar-refractivity contribution in [3.8, 4) is 6.07 Å². The number of hydrogen-bond acceptors (Lipinski definition) is 8. The van der Waals surface area contributed by atoms with Crippen LogP contribution in [0.25, 0.3) is 21.9 Å². The molecule has 5 heterocycles. The summed E-state index contributed by atoms with van der Waals surface area (Å²) in [5.41, 5.74) is 3.00. The molecule has 3 atom stereocenters. The van der Waals surface area contributed by atoms with Crippen molar-refractivity contribution in [2.24, 2.45) is 5.92 Å². The zero-order chi connectivity index (χ0) is 36.5. The minimum Gasteiger partial charge on any atom is -0.444 e. The molecule has 1 saturated carbocycles. The predicted molar refractivity (Wildman–Crippen MR) is 197 cm³/mol. The van der Waals surface area contributed by atoms with Crippen LogP contribution >= 0.6 is 15.9 Å². The smallest absolute Gasteiger partial charge is 0.410 e. The van der Waals surface area contributed by atoms with Gasteiger partial charge in [0.25, 0.3) is 0 Å². The summed E-state index contributed by atoms with van der Waals surface area (Å²) in [7, 11) is 7.57. The maximum atomic E-state index is 16.8. The van der Waals surface area contributed by atoms with Crippen LogP contribution in [-0.4, -0.2) is 107 Å². The summed E-state index contributed by atoms with van der Waals surface area (Å²) < 4.78 is 25.1. The molecular formula is C38H44BrFN8O3. The van der Waals surface area contributed by atoms with Gasteiger partial charge >= 0.3 is 6.09 Å². The fraction of sp³-hybridized carbons (Fsp3) is 0.500. The third kappa shape index (κ3) is 6.20. The van der Waals surface area contributed by atoms with Crippen LogP contribution in [0.3, 0.4) is 0 Å². The molecule has 0 radical (unpaired) electrons. The molecule has 8 rings (SSSR count). The number of aryl methyl sites for hydroxylation is 1. The predicted octanol–water partition coefficient (Wildman–Crippen LogP) is 5.90. The van der Waals surface area contributed by atoms with E-state index in [0.29, 0.717) is 63.6 Å². The molecule has 2 aromatic heterocycles. The van der Waals surface area contributed by atoms with Gasteiger partial charge in [0.15, 0.2) is 11.6 Å². The van der Waals surface area contributed by atoms with Gasteiger partial charge in [-0.25, -0.2) is 19.2 Å². The Morgan fingerprint density at radius 2 is 1.80 bits per heavy atom. The molecule has 2 amide bonds. The van der Waals surface area contributed by atoms with Gasteiger partial charge in [-0.1, -0.05) is 18.2 Å². The molecule has 0 N–H and O–H groups in total. The summed E-state index contributed by atoms with van der Waals surface area (Å²) in [6.45, 7) is 7.57. The lowest BCUT2D eigenvalue weighted by Gasteiger charge is -2.43. The maximum absolute atomic E-state index is 16.8. The van der Waals surface area contributed by atoms with E-state index in [1.165, 1.54) is 0 Å². The number of halogens is 2. The number of hydrogen-bond donors (Lipinski definition) is 0. The SMILES string of the molecule is CN(C)C(=O)CCc1nc2c(N3CC(N(C)C)C3)nc3c(F)c(Br)c(Cc4ccccc4C#N)cc3c2n1C1C2CC1N(C(=O)OC(C)(C)C)C2. The Kier molecular flexibility index (Phi) is 8.99. The molecule has 3 saturated heterocycles. The Bertz CT molecular complexity index is 2090. The molecular weight excluding hydrogens is 715 g/mol. The van der Waals surface area contributed by atoms with E-state index in [1.54, 1.807) is 25.1 Å². The molecule has 2 bridgehead atoms. The summed E-state index contributed by atoms with van der Waals surface area (Å²) in [6, 6.07) is 11.6. The van der Waals surface area contributed by atoms with E-state index >= 15 is 4.39 Å². The van der Waals surface area contributed by atoms with E-state index in [1.807, 2.05) is 64.0 Å². The number of pyridine rings is 1. The van der Waals surface area contributed by atoms with Crippen molar-refractivity contribution in [3.05, 3.63) is 63.1 Å². The highest BCUT2D eigenvalue weighted by atomic mass is 79.9. The first-order valence-electron chi connectivity index (χ1n) is 17.5. The number of rotatable bonds is 8. The zero-order valence-electron chi connectivity index (χ0n) is 30.2. The van der Waals surface area contributed by atoms with E-state index in [2.05, 4.69) is 36.4 Å². The number of anilines is 1. The first kappa shape index (κ1) is 35.1. The van der Waals surface area contributed by atoms with E-state index in [0.717, 1.165) is 30.6 Å². The van der Waals surface area contributed by atoms with Crippen molar-refractivity contribution in [1.29, 1.82) is 5.26 Å². The van der Waals surface area contributed by atoms with Crippen LogP contribution in [0.4, 0.5) is 15.0 Å². The number of carbonyl (C=O) groups excluding carboxylic acids is 2. The van der Waals surface area contributed by atoms with Gasteiger partial charge in [-0.05, 0) is 86.9 Å². The van der Waals surface area contributed by atoms with Gasteiger partial charge in [0, 0.05) is 63.9 Å². The number of imidazole rings is 1. The number of nitrogens with zero attached hydrogens (tertiary/aromatic N) is 8. The molecule has 13 heteroatoms. The van der Waals surface area contributed by atoms with Crippen LogP contribution in [0.2, 0.25) is 0 Å². The van der Waals surface area contributed by atoms with Gasteiger partial charge < -0.3 is 28.9 Å². The van der Waals surface area contributed by atoms with E-state index in [-0.39, 0.29) is 41.9 Å². The molecule has 51 heavy (non-hydrogen) atoms. The van der Waals surface area contributed by atoms with Gasteiger partial charge in [0.05, 0.1) is 33.7 Å². The molecule has 1 aliphatic carbocycles. The van der Waals surface area contributed by atoms with Gasteiger partial charge in [-0.3, -0.25) is 4.79 Å². The second kappa shape index (κ2) is 13.0. The van der Waals surface area contributed by atoms with Crippen LogP contribution < -0.4 is 4.90 Å². The number of ether oxygens (including phenoxy) is 1. The van der Waals surface area contributed by atoms with Crippen molar-refractivity contribution >= 4 is 55.7 Å². The monoisotopic (exact) mass is 758 g/mol. The normalized spacial score (nSPS) is 20.1. The lowest BCUT2D eigenvalue weighted by Crippen LogP contribution is -2.57. The Morgan fingerprint density at radius 1 is 1.08 bits per heavy atom. The third-order valence-corrected chi connectivity index (χ3v) is 11.4. The number of nitriles is 1. The molecule has 0 spiro atoms. The van der Waals surface area contributed by atoms with Crippen molar-refractivity contribution in [2.45, 2.75) is 70.2 Å². The minimum atomic E-state index is -0.636. The summed E-state index contributed by atoms with van der Waals surface area (Å²) in [5.74, 6) is 0.964. The maximum Gasteiger partial charge on any atom is 0.410 e. The number of benzene rings is 2. The first-order valence-corrected chi connectivity index (χ1v) is 18.3. The average molecular weight is 760 g/mol. The average Bonchev–Trinajstić information content (AvgIpc) is 3.74. The molecule has 11 nitrogen and oxygen atoms in total.